The standard InChI is InChI=1S/C22H37NO5/c1-19(12-24)16-4-3-14-9-15-10-21(14,20(16,2)6-5-17(19)25)7-8-22(15,27)13-28-18(26)11-23/h14-17,24-25,27H,3-13,23H2,1-2H3/t14-,15-,16+,17+,19-,20+,21+,22-/m0/s1. The van der Waals surface area contributed by atoms with Crippen molar-refractivity contribution in [3.05, 3.63) is 0 Å². The normalized spacial score (nSPS) is 52.6. The van der Waals surface area contributed by atoms with Gasteiger partial charge in [0.1, 0.15) is 12.2 Å². The van der Waals surface area contributed by atoms with Crippen LogP contribution in [0.15, 0.2) is 0 Å². The summed E-state index contributed by atoms with van der Waals surface area (Å²) in [4.78, 5) is 11.5. The molecule has 2 bridgehead atoms. The molecule has 0 unspecified atom stereocenters. The van der Waals surface area contributed by atoms with E-state index in [0.29, 0.717) is 18.3 Å². The molecule has 0 aromatic rings. The van der Waals surface area contributed by atoms with E-state index in [4.69, 9.17) is 10.5 Å². The van der Waals surface area contributed by atoms with Gasteiger partial charge in [0.25, 0.3) is 0 Å². The summed E-state index contributed by atoms with van der Waals surface area (Å²) in [6.45, 7) is 4.37. The van der Waals surface area contributed by atoms with Gasteiger partial charge in [0, 0.05) is 5.41 Å². The van der Waals surface area contributed by atoms with Crippen LogP contribution in [0.5, 0.6) is 0 Å². The van der Waals surface area contributed by atoms with E-state index in [1.165, 1.54) is 0 Å². The predicted octanol–water partition coefficient (Wildman–Crippen LogP) is 1.60. The third-order valence-corrected chi connectivity index (χ3v) is 9.92. The van der Waals surface area contributed by atoms with E-state index in [1.807, 2.05) is 0 Å². The maximum absolute atomic E-state index is 11.5. The lowest BCUT2D eigenvalue weighted by Gasteiger charge is -2.66. The molecule has 4 saturated carbocycles. The van der Waals surface area contributed by atoms with Gasteiger partial charge in [-0.1, -0.05) is 13.8 Å². The second kappa shape index (κ2) is 6.66. The Bertz CT molecular complexity index is 642. The molecule has 4 rings (SSSR count). The molecule has 4 aliphatic carbocycles. The first-order valence-corrected chi connectivity index (χ1v) is 11.0. The Morgan fingerprint density at radius 2 is 1.89 bits per heavy atom. The monoisotopic (exact) mass is 395 g/mol. The molecule has 8 atom stereocenters. The number of carbonyl (C=O) groups is 1. The van der Waals surface area contributed by atoms with Crippen molar-refractivity contribution < 1.29 is 24.9 Å². The van der Waals surface area contributed by atoms with Gasteiger partial charge in [0.15, 0.2) is 0 Å². The first-order chi connectivity index (χ1) is 13.1. The van der Waals surface area contributed by atoms with Crippen LogP contribution in [-0.4, -0.2) is 52.8 Å². The highest BCUT2D eigenvalue weighted by molar-refractivity contribution is 5.71. The summed E-state index contributed by atoms with van der Waals surface area (Å²) in [6, 6.07) is 0. The van der Waals surface area contributed by atoms with E-state index in [9.17, 15) is 20.1 Å². The second-order valence-electron chi connectivity index (χ2n) is 10.7. The maximum Gasteiger partial charge on any atom is 0.319 e. The molecule has 4 aliphatic rings. The summed E-state index contributed by atoms with van der Waals surface area (Å²) in [5.74, 6) is 0.539. The van der Waals surface area contributed by atoms with Crippen LogP contribution in [0.4, 0.5) is 0 Å². The van der Waals surface area contributed by atoms with Crippen molar-refractivity contribution in [3.8, 4) is 0 Å². The summed E-state index contributed by atoms with van der Waals surface area (Å²) < 4.78 is 5.25. The lowest BCUT2D eigenvalue weighted by molar-refractivity contribution is -0.217. The van der Waals surface area contributed by atoms with Crippen LogP contribution in [-0.2, 0) is 9.53 Å². The average Bonchev–Trinajstić information content (AvgIpc) is 3.04. The summed E-state index contributed by atoms with van der Waals surface area (Å²) in [6.07, 6.45) is 6.91. The highest BCUT2D eigenvalue weighted by Crippen LogP contribution is 2.75. The summed E-state index contributed by atoms with van der Waals surface area (Å²) in [7, 11) is 0. The minimum absolute atomic E-state index is 0.0254. The van der Waals surface area contributed by atoms with Crippen LogP contribution in [0.25, 0.3) is 0 Å². The van der Waals surface area contributed by atoms with E-state index >= 15 is 0 Å². The zero-order valence-electron chi connectivity index (χ0n) is 17.3. The van der Waals surface area contributed by atoms with E-state index in [-0.39, 0.29) is 36.5 Å². The zero-order valence-corrected chi connectivity index (χ0v) is 17.3. The smallest absolute Gasteiger partial charge is 0.319 e. The SMILES string of the molecule is C[C@@]1(CO)[C@H](O)CC[C@]2(C)[C@@H]1CC[C@H]1C[C@H]3C[C@]12CC[C@]3(O)COC(=O)CN. The number of hydrogen-bond donors (Lipinski definition) is 4. The van der Waals surface area contributed by atoms with Gasteiger partial charge in [-0.25, -0.2) is 0 Å². The van der Waals surface area contributed by atoms with Gasteiger partial charge < -0.3 is 25.8 Å². The van der Waals surface area contributed by atoms with E-state index in [2.05, 4.69) is 13.8 Å². The Labute approximate surface area is 167 Å². The minimum atomic E-state index is -0.951. The van der Waals surface area contributed by atoms with Crippen LogP contribution in [0.3, 0.4) is 0 Å². The summed E-state index contributed by atoms with van der Waals surface area (Å²) >= 11 is 0. The molecule has 4 fully saturated rings. The lowest BCUT2D eigenvalue weighted by Crippen LogP contribution is -2.63. The van der Waals surface area contributed by atoms with Crippen LogP contribution in [0.2, 0.25) is 0 Å². The molecule has 0 saturated heterocycles. The predicted molar refractivity (Wildman–Crippen MR) is 104 cm³/mol. The molecule has 6 nitrogen and oxygen atoms in total. The average molecular weight is 396 g/mol. The topological polar surface area (TPSA) is 113 Å². The fourth-order valence-corrected chi connectivity index (χ4v) is 8.18. The van der Waals surface area contributed by atoms with Crippen molar-refractivity contribution in [2.75, 3.05) is 19.8 Å². The minimum Gasteiger partial charge on any atom is -0.462 e. The Hall–Kier alpha value is -0.690. The number of nitrogens with two attached hydrogens (primary N) is 1. The molecule has 6 heteroatoms. The van der Waals surface area contributed by atoms with Gasteiger partial charge in [-0.15, -0.1) is 0 Å². The molecule has 0 radical (unpaired) electrons. The molecular weight excluding hydrogens is 358 g/mol. The van der Waals surface area contributed by atoms with Gasteiger partial charge in [0.05, 0.1) is 19.3 Å². The molecule has 0 aromatic heterocycles. The number of rotatable bonds is 4. The molecular formula is C22H37NO5. The van der Waals surface area contributed by atoms with Crippen LogP contribution >= 0.6 is 0 Å². The molecule has 5 N–H and O–H groups in total. The Balaban J connectivity index is 1.62. The molecule has 0 heterocycles. The second-order valence-corrected chi connectivity index (χ2v) is 10.7. The summed E-state index contributed by atoms with van der Waals surface area (Å²) in [5, 5.41) is 32.2. The van der Waals surface area contributed by atoms with Crippen molar-refractivity contribution in [3.63, 3.8) is 0 Å². The van der Waals surface area contributed by atoms with Gasteiger partial charge in [-0.2, -0.15) is 0 Å². The molecule has 0 aromatic carbocycles. The van der Waals surface area contributed by atoms with Crippen LogP contribution in [0.1, 0.15) is 65.2 Å². The molecule has 1 spiro atoms. The quantitative estimate of drug-likeness (QED) is 0.538. The first kappa shape index (κ1) is 20.6. The Morgan fingerprint density at radius 1 is 1.14 bits per heavy atom. The number of esters is 1. The number of carbonyl (C=O) groups excluding carboxylic acids is 1. The number of hydrogen-bond acceptors (Lipinski definition) is 6. The van der Waals surface area contributed by atoms with Crippen molar-refractivity contribution in [2.24, 2.45) is 39.7 Å². The number of ether oxygens (including phenoxy) is 1. The Kier molecular flexibility index (Phi) is 4.89. The van der Waals surface area contributed by atoms with Crippen LogP contribution in [0, 0.1) is 34.0 Å². The van der Waals surface area contributed by atoms with Crippen LogP contribution < -0.4 is 5.73 Å². The van der Waals surface area contributed by atoms with E-state index in [1.54, 1.807) is 0 Å². The van der Waals surface area contributed by atoms with Crippen molar-refractivity contribution >= 4 is 5.97 Å². The third-order valence-electron chi connectivity index (χ3n) is 9.92. The van der Waals surface area contributed by atoms with E-state index < -0.39 is 23.1 Å². The van der Waals surface area contributed by atoms with E-state index in [0.717, 1.165) is 44.9 Å². The zero-order chi connectivity index (χ0) is 20.4. The summed E-state index contributed by atoms with van der Waals surface area (Å²) in [5.41, 5.74) is 4.16. The first-order valence-electron chi connectivity index (χ1n) is 11.0. The van der Waals surface area contributed by atoms with Crippen molar-refractivity contribution in [1.82, 2.24) is 0 Å². The fraction of sp³-hybridized carbons (Fsp3) is 0.955. The number of aliphatic hydroxyl groups excluding tert-OH is 2. The molecule has 0 amide bonds. The number of fused-ring (bicyclic) bond motifs is 2. The third kappa shape index (κ3) is 2.57. The highest BCUT2D eigenvalue weighted by atomic mass is 16.5. The lowest BCUT2D eigenvalue weighted by atomic mass is 9.39. The Morgan fingerprint density at radius 3 is 2.57 bits per heavy atom. The maximum atomic E-state index is 11.5. The largest absolute Gasteiger partial charge is 0.462 e. The van der Waals surface area contributed by atoms with Gasteiger partial charge >= 0.3 is 5.97 Å². The van der Waals surface area contributed by atoms with Crippen molar-refractivity contribution in [1.29, 1.82) is 0 Å². The van der Waals surface area contributed by atoms with Crippen molar-refractivity contribution in [2.45, 2.75) is 76.9 Å². The molecule has 160 valence electrons. The van der Waals surface area contributed by atoms with Gasteiger partial charge in [-0.3, -0.25) is 4.79 Å². The fourth-order valence-electron chi connectivity index (χ4n) is 8.18. The molecule has 0 aliphatic heterocycles. The molecule has 28 heavy (non-hydrogen) atoms. The van der Waals surface area contributed by atoms with Gasteiger partial charge in [-0.05, 0) is 80.0 Å². The highest BCUT2D eigenvalue weighted by Gasteiger charge is 2.70. The van der Waals surface area contributed by atoms with Gasteiger partial charge in [0.2, 0.25) is 0 Å². The number of aliphatic hydroxyl groups is 3.